The lowest BCUT2D eigenvalue weighted by Crippen LogP contribution is -2.35. The molecule has 116 valence electrons. The molecule has 4 N–H and O–H groups in total. The minimum Gasteiger partial charge on any atom is -0.399 e. The second-order valence-corrected chi connectivity index (χ2v) is 6.36. The molecule has 7 nitrogen and oxygen atoms in total. The zero-order valence-electron chi connectivity index (χ0n) is 11.9. The highest BCUT2D eigenvalue weighted by Crippen LogP contribution is 2.24. The Kier molecular flexibility index (Phi) is 4.84. The zero-order valence-corrected chi connectivity index (χ0v) is 12.7. The van der Waals surface area contributed by atoms with Crippen LogP contribution in [0.25, 0.3) is 10.9 Å². The van der Waals surface area contributed by atoms with E-state index in [1.165, 1.54) is 20.4 Å². The number of aromatic amines is 1. The summed E-state index contributed by atoms with van der Waals surface area (Å²) in [5.41, 5.74) is 6.92. The van der Waals surface area contributed by atoms with Gasteiger partial charge in [0.1, 0.15) is 4.90 Å². The molecule has 0 saturated heterocycles. The fourth-order valence-electron chi connectivity index (χ4n) is 2.02. The maximum atomic E-state index is 12.4. The van der Waals surface area contributed by atoms with E-state index in [1.807, 2.05) is 0 Å². The first kappa shape index (κ1) is 15.8. The number of nitrogens with one attached hydrogen (secondary N) is 2. The van der Waals surface area contributed by atoms with E-state index in [-0.39, 0.29) is 17.5 Å². The Morgan fingerprint density at radius 2 is 2.14 bits per heavy atom. The van der Waals surface area contributed by atoms with Crippen molar-refractivity contribution in [2.75, 3.05) is 33.1 Å². The molecule has 2 aromatic rings. The molecule has 8 heteroatoms. The van der Waals surface area contributed by atoms with Crippen LogP contribution in [0.4, 0.5) is 5.69 Å². The van der Waals surface area contributed by atoms with E-state index >= 15 is 0 Å². The molecule has 0 amide bonds. The molecular weight excluding hydrogens is 294 g/mol. The first-order valence-electron chi connectivity index (χ1n) is 6.36. The van der Waals surface area contributed by atoms with Gasteiger partial charge in [0.25, 0.3) is 0 Å². The average molecular weight is 313 g/mol. The van der Waals surface area contributed by atoms with E-state index in [9.17, 15) is 8.42 Å². The molecule has 21 heavy (non-hydrogen) atoms. The second-order valence-electron chi connectivity index (χ2n) is 4.62. The van der Waals surface area contributed by atoms with Crippen molar-refractivity contribution in [2.24, 2.45) is 0 Å². The maximum absolute atomic E-state index is 12.4. The summed E-state index contributed by atoms with van der Waals surface area (Å²) in [6.45, 7) is 0.442. The van der Waals surface area contributed by atoms with E-state index in [2.05, 4.69) is 9.71 Å². The molecule has 0 fully saturated rings. The van der Waals surface area contributed by atoms with Gasteiger partial charge in [0.15, 0.2) is 0 Å². The monoisotopic (exact) mass is 313 g/mol. The molecule has 1 heterocycles. The van der Waals surface area contributed by atoms with Gasteiger partial charge in [-0.15, -0.1) is 0 Å². The van der Waals surface area contributed by atoms with Crippen LogP contribution >= 0.6 is 0 Å². The molecule has 1 atom stereocenters. The topological polar surface area (TPSA) is 106 Å². The van der Waals surface area contributed by atoms with Crippen molar-refractivity contribution in [3.63, 3.8) is 0 Å². The minimum absolute atomic E-state index is 0.133. The van der Waals surface area contributed by atoms with Crippen molar-refractivity contribution in [3.05, 3.63) is 24.4 Å². The number of H-pyrrole nitrogens is 1. The predicted molar refractivity (Wildman–Crippen MR) is 80.6 cm³/mol. The van der Waals surface area contributed by atoms with Crippen molar-refractivity contribution in [1.29, 1.82) is 0 Å². The zero-order chi connectivity index (χ0) is 15.5. The van der Waals surface area contributed by atoms with Gasteiger partial charge in [-0.25, -0.2) is 13.1 Å². The Morgan fingerprint density at radius 1 is 1.38 bits per heavy atom. The highest BCUT2D eigenvalue weighted by Gasteiger charge is 2.20. The summed E-state index contributed by atoms with van der Waals surface area (Å²) in [6.07, 6.45) is 1.11. The van der Waals surface area contributed by atoms with Crippen LogP contribution in [0.1, 0.15) is 0 Å². The maximum Gasteiger partial charge on any atom is 0.242 e. The van der Waals surface area contributed by atoms with Gasteiger partial charge in [-0.3, -0.25) is 0 Å². The van der Waals surface area contributed by atoms with Gasteiger partial charge in [0.2, 0.25) is 10.0 Å². The number of nitrogens with two attached hydrogens (primary N) is 1. The molecule has 0 bridgehead atoms. The minimum atomic E-state index is -3.64. The van der Waals surface area contributed by atoms with Crippen LogP contribution in [0.15, 0.2) is 29.3 Å². The third kappa shape index (κ3) is 3.53. The van der Waals surface area contributed by atoms with Crippen LogP contribution in [0.3, 0.4) is 0 Å². The van der Waals surface area contributed by atoms with Crippen LogP contribution in [-0.4, -0.2) is 46.9 Å². The lowest BCUT2D eigenvalue weighted by Gasteiger charge is -2.14. The molecular formula is C13H19N3O4S. The number of fused-ring (bicyclic) bond motifs is 1. The summed E-state index contributed by atoms with van der Waals surface area (Å²) < 4.78 is 37.3. The van der Waals surface area contributed by atoms with Crippen molar-refractivity contribution in [2.45, 2.75) is 11.0 Å². The Balaban J connectivity index is 2.22. The summed E-state index contributed by atoms with van der Waals surface area (Å²) in [6, 6.07) is 5.04. The van der Waals surface area contributed by atoms with Gasteiger partial charge in [-0.1, -0.05) is 0 Å². The average Bonchev–Trinajstić information content (AvgIpc) is 2.87. The van der Waals surface area contributed by atoms with E-state index < -0.39 is 10.0 Å². The molecule has 1 aromatic heterocycles. The van der Waals surface area contributed by atoms with Crippen LogP contribution in [0.2, 0.25) is 0 Å². The molecule has 0 aliphatic rings. The number of sulfonamides is 1. The lowest BCUT2D eigenvalue weighted by atomic mass is 10.2. The summed E-state index contributed by atoms with van der Waals surface area (Å²) in [5, 5.41) is 0.595. The number of nitrogen functional groups attached to an aromatic ring is 1. The van der Waals surface area contributed by atoms with Gasteiger partial charge in [0.05, 0.1) is 12.7 Å². The molecule has 2 rings (SSSR count). The smallest absolute Gasteiger partial charge is 0.242 e. The Hall–Kier alpha value is -1.61. The number of aromatic nitrogens is 1. The quantitative estimate of drug-likeness (QED) is 0.652. The Bertz CT molecular complexity index is 711. The van der Waals surface area contributed by atoms with Crippen molar-refractivity contribution in [1.82, 2.24) is 9.71 Å². The van der Waals surface area contributed by atoms with Crippen LogP contribution < -0.4 is 10.5 Å². The summed E-state index contributed by atoms with van der Waals surface area (Å²) in [5.74, 6) is 0. The number of benzene rings is 1. The standard InChI is InChI=1S/C13H19N3O4S/c1-19-8-10(20-2)6-16-21(17,18)13-7-15-12-5-9(14)3-4-11(12)13/h3-5,7,10,15-16H,6,8,14H2,1-2H3. The fraction of sp³-hybridized carbons (Fsp3) is 0.385. The van der Waals surface area contributed by atoms with E-state index in [0.717, 1.165) is 0 Å². The number of methoxy groups -OCH3 is 2. The highest BCUT2D eigenvalue weighted by atomic mass is 32.2. The summed E-state index contributed by atoms with van der Waals surface area (Å²) >= 11 is 0. The second kappa shape index (κ2) is 6.44. The molecule has 0 spiro atoms. The molecule has 0 aliphatic carbocycles. The fourth-order valence-corrected chi connectivity index (χ4v) is 3.26. The molecule has 0 saturated carbocycles. The Morgan fingerprint density at radius 3 is 2.81 bits per heavy atom. The van der Waals surface area contributed by atoms with E-state index in [0.29, 0.717) is 23.2 Å². The van der Waals surface area contributed by atoms with Gasteiger partial charge >= 0.3 is 0 Å². The number of ether oxygens (including phenoxy) is 2. The van der Waals surface area contributed by atoms with E-state index in [4.69, 9.17) is 15.2 Å². The number of hydrogen-bond acceptors (Lipinski definition) is 5. The van der Waals surface area contributed by atoms with E-state index in [1.54, 1.807) is 18.2 Å². The molecule has 0 aliphatic heterocycles. The number of anilines is 1. The van der Waals surface area contributed by atoms with Crippen molar-refractivity contribution in [3.8, 4) is 0 Å². The first-order valence-corrected chi connectivity index (χ1v) is 7.84. The number of rotatable bonds is 7. The van der Waals surface area contributed by atoms with Gasteiger partial charge in [-0.2, -0.15) is 0 Å². The van der Waals surface area contributed by atoms with Gasteiger partial charge in [-0.05, 0) is 18.2 Å². The third-order valence-corrected chi connectivity index (χ3v) is 4.61. The van der Waals surface area contributed by atoms with Gasteiger partial charge < -0.3 is 20.2 Å². The normalized spacial score (nSPS) is 13.6. The summed E-state index contributed by atoms with van der Waals surface area (Å²) in [7, 11) is -0.599. The van der Waals surface area contributed by atoms with Crippen LogP contribution in [-0.2, 0) is 19.5 Å². The summed E-state index contributed by atoms with van der Waals surface area (Å²) in [4.78, 5) is 3.09. The first-order chi connectivity index (χ1) is 9.97. The third-order valence-electron chi connectivity index (χ3n) is 3.14. The molecule has 1 unspecified atom stereocenters. The SMILES string of the molecule is COCC(CNS(=O)(=O)c1c[nH]c2cc(N)ccc12)OC. The number of hydrogen-bond donors (Lipinski definition) is 3. The predicted octanol–water partition coefficient (Wildman–Crippen LogP) is 0.690. The van der Waals surface area contributed by atoms with Crippen molar-refractivity contribution >= 4 is 26.6 Å². The van der Waals surface area contributed by atoms with Crippen molar-refractivity contribution < 1.29 is 17.9 Å². The molecule has 0 radical (unpaired) electrons. The lowest BCUT2D eigenvalue weighted by molar-refractivity contribution is 0.0320. The highest BCUT2D eigenvalue weighted by molar-refractivity contribution is 7.89. The Labute approximate surface area is 123 Å². The van der Waals surface area contributed by atoms with Crippen LogP contribution in [0.5, 0.6) is 0 Å². The van der Waals surface area contributed by atoms with Crippen LogP contribution in [0, 0.1) is 0 Å². The largest absolute Gasteiger partial charge is 0.399 e. The van der Waals surface area contributed by atoms with Gasteiger partial charge in [0, 0.05) is 43.6 Å². The molecule has 1 aromatic carbocycles.